The van der Waals surface area contributed by atoms with Gasteiger partial charge < -0.3 is 4.43 Å². The van der Waals surface area contributed by atoms with Gasteiger partial charge in [0.15, 0.2) is 8.32 Å². The third-order valence-corrected chi connectivity index (χ3v) is 2.84. The lowest BCUT2D eigenvalue weighted by Crippen LogP contribution is -2.27. The van der Waals surface area contributed by atoms with Crippen molar-refractivity contribution in [3.05, 3.63) is 54.3 Å². The van der Waals surface area contributed by atoms with Crippen LogP contribution in [0.25, 0.3) is 0 Å². The molecule has 0 aliphatic heterocycles. The largest absolute Gasteiger partial charge is 0.407 e. The quantitative estimate of drug-likeness (QED) is 0.550. The van der Waals surface area contributed by atoms with Crippen LogP contribution in [0.15, 0.2) is 48.7 Å². The van der Waals surface area contributed by atoms with Gasteiger partial charge in [0.05, 0.1) is 6.10 Å². The van der Waals surface area contributed by atoms with Gasteiger partial charge in [-0.15, -0.1) is 5.73 Å². The Hall–Kier alpha value is -1.08. The van der Waals surface area contributed by atoms with Crippen molar-refractivity contribution in [2.75, 3.05) is 0 Å². The van der Waals surface area contributed by atoms with Crippen molar-refractivity contribution in [2.45, 2.75) is 25.7 Å². The maximum Gasteiger partial charge on any atom is 0.185 e. The molecule has 1 atom stereocenters. The Labute approximate surface area is 93.2 Å². The molecule has 0 amide bonds. The van der Waals surface area contributed by atoms with Crippen LogP contribution in [0.5, 0.6) is 0 Å². The molecule has 0 saturated carbocycles. The predicted molar refractivity (Wildman–Crippen MR) is 67.3 cm³/mol. The molecule has 0 aliphatic carbocycles. The van der Waals surface area contributed by atoms with Gasteiger partial charge in [0.1, 0.15) is 0 Å². The highest BCUT2D eigenvalue weighted by atomic mass is 28.4. The second-order valence-corrected chi connectivity index (χ2v) is 8.89. The van der Waals surface area contributed by atoms with Crippen LogP contribution in [0.1, 0.15) is 11.7 Å². The summed E-state index contributed by atoms with van der Waals surface area (Å²) in [5.74, 6) is 0. The van der Waals surface area contributed by atoms with E-state index in [1.807, 2.05) is 24.3 Å². The third-order valence-electron chi connectivity index (χ3n) is 1.88. The van der Waals surface area contributed by atoms with Crippen molar-refractivity contribution in [2.24, 2.45) is 0 Å². The molecule has 1 rings (SSSR count). The predicted octanol–water partition coefficient (Wildman–Crippen LogP) is 3.92. The molecule has 0 aromatic heterocycles. The zero-order chi connectivity index (χ0) is 11.3. The van der Waals surface area contributed by atoms with E-state index in [1.54, 1.807) is 0 Å². The fourth-order valence-corrected chi connectivity index (χ4v) is 2.29. The average molecular weight is 218 g/mol. The molecule has 2 heteroatoms. The van der Waals surface area contributed by atoms with Gasteiger partial charge in [-0.3, -0.25) is 0 Å². The maximum absolute atomic E-state index is 6.05. The number of rotatable bonds is 4. The van der Waals surface area contributed by atoms with Gasteiger partial charge in [-0.05, 0) is 31.3 Å². The van der Waals surface area contributed by atoms with Gasteiger partial charge in [-0.25, -0.2) is 0 Å². The number of hydrogen-bond acceptors (Lipinski definition) is 1. The van der Waals surface area contributed by atoms with Crippen molar-refractivity contribution in [1.29, 1.82) is 0 Å². The Morgan fingerprint density at radius 3 is 2.33 bits per heavy atom. The van der Waals surface area contributed by atoms with E-state index in [2.05, 4.69) is 44.1 Å². The van der Waals surface area contributed by atoms with E-state index in [-0.39, 0.29) is 6.10 Å². The van der Waals surface area contributed by atoms with Crippen molar-refractivity contribution in [3.63, 3.8) is 0 Å². The lowest BCUT2D eigenvalue weighted by Gasteiger charge is -2.24. The molecule has 0 spiro atoms. The van der Waals surface area contributed by atoms with Crippen LogP contribution in [0.3, 0.4) is 0 Å². The lowest BCUT2D eigenvalue weighted by molar-refractivity contribution is 0.248. The minimum atomic E-state index is -1.54. The van der Waals surface area contributed by atoms with Crippen LogP contribution in [-0.2, 0) is 4.43 Å². The molecule has 80 valence electrons. The monoisotopic (exact) mass is 218 g/mol. The maximum atomic E-state index is 6.05. The molecule has 0 heterocycles. The van der Waals surface area contributed by atoms with Crippen molar-refractivity contribution < 1.29 is 4.43 Å². The molecule has 0 saturated heterocycles. The van der Waals surface area contributed by atoms with Crippen LogP contribution in [0.2, 0.25) is 19.6 Å². The zero-order valence-electron chi connectivity index (χ0n) is 9.66. The Morgan fingerprint density at radius 1 is 1.27 bits per heavy atom. The van der Waals surface area contributed by atoms with Crippen molar-refractivity contribution >= 4 is 8.32 Å². The van der Waals surface area contributed by atoms with Crippen LogP contribution in [0.4, 0.5) is 0 Å². The highest BCUT2D eigenvalue weighted by molar-refractivity contribution is 6.69. The second kappa shape index (κ2) is 5.13. The molecule has 0 aliphatic rings. The minimum absolute atomic E-state index is 0.00429. The Bertz CT molecular complexity index is 345. The van der Waals surface area contributed by atoms with Gasteiger partial charge in [0, 0.05) is 0 Å². The smallest absolute Gasteiger partial charge is 0.185 e. The molecule has 15 heavy (non-hydrogen) atoms. The minimum Gasteiger partial charge on any atom is -0.407 e. The van der Waals surface area contributed by atoms with Gasteiger partial charge in [-0.2, -0.15) is 0 Å². The summed E-state index contributed by atoms with van der Waals surface area (Å²) in [5, 5.41) is 0. The summed E-state index contributed by atoms with van der Waals surface area (Å²) < 4.78 is 6.05. The van der Waals surface area contributed by atoms with Gasteiger partial charge >= 0.3 is 0 Å². The summed E-state index contributed by atoms with van der Waals surface area (Å²) in [7, 11) is -1.54. The van der Waals surface area contributed by atoms with Gasteiger partial charge in [-0.1, -0.05) is 36.9 Å². The highest BCUT2D eigenvalue weighted by Crippen LogP contribution is 2.22. The third kappa shape index (κ3) is 4.30. The second-order valence-electron chi connectivity index (χ2n) is 4.43. The molecule has 0 radical (unpaired) electrons. The summed E-state index contributed by atoms with van der Waals surface area (Å²) in [6, 6.07) is 10.2. The van der Waals surface area contributed by atoms with E-state index < -0.39 is 8.32 Å². The fraction of sp³-hybridized carbons (Fsp3) is 0.308. The Balaban J connectivity index is 2.89. The van der Waals surface area contributed by atoms with Gasteiger partial charge in [0.2, 0.25) is 0 Å². The highest BCUT2D eigenvalue weighted by Gasteiger charge is 2.20. The van der Waals surface area contributed by atoms with E-state index in [0.29, 0.717) is 0 Å². The normalized spacial score (nSPS) is 13.0. The lowest BCUT2D eigenvalue weighted by atomic mass is 10.1. The van der Waals surface area contributed by atoms with Crippen LogP contribution >= 0.6 is 0 Å². The fourth-order valence-electron chi connectivity index (χ4n) is 1.33. The van der Waals surface area contributed by atoms with E-state index in [0.717, 1.165) is 5.56 Å². The van der Waals surface area contributed by atoms with E-state index in [1.165, 1.54) is 0 Å². The molecular weight excluding hydrogens is 200 g/mol. The van der Waals surface area contributed by atoms with Gasteiger partial charge in [0.25, 0.3) is 0 Å². The van der Waals surface area contributed by atoms with E-state index >= 15 is 0 Å². The first-order valence-electron chi connectivity index (χ1n) is 5.11. The first-order chi connectivity index (χ1) is 7.03. The Morgan fingerprint density at radius 2 is 1.87 bits per heavy atom. The SMILES string of the molecule is C=C=C[C@@H](O[Si](C)(C)C)c1ccccc1. The molecule has 0 bridgehead atoms. The summed E-state index contributed by atoms with van der Waals surface area (Å²) in [4.78, 5) is 0. The van der Waals surface area contributed by atoms with Crippen LogP contribution in [-0.4, -0.2) is 8.32 Å². The zero-order valence-corrected chi connectivity index (χ0v) is 10.7. The summed E-state index contributed by atoms with van der Waals surface area (Å²) >= 11 is 0. The summed E-state index contributed by atoms with van der Waals surface area (Å²) in [6.45, 7) is 10.2. The summed E-state index contributed by atoms with van der Waals surface area (Å²) in [6.07, 6.45) is 1.88. The Kier molecular flexibility index (Phi) is 4.10. The molecule has 1 aromatic rings. The number of benzene rings is 1. The van der Waals surface area contributed by atoms with Crippen LogP contribution in [0, 0.1) is 0 Å². The van der Waals surface area contributed by atoms with E-state index in [9.17, 15) is 0 Å². The first kappa shape index (κ1) is 12.0. The van der Waals surface area contributed by atoms with Crippen molar-refractivity contribution in [1.82, 2.24) is 0 Å². The van der Waals surface area contributed by atoms with Crippen LogP contribution < -0.4 is 0 Å². The molecule has 0 unspecified atom stereocenters. The molecule has 0 N–H and O–H groups in total. The molecular formula is C13H18OSi. The average Bonchev–Trinajstić information content (AvgIpc) is 2.17. The molecule has 0 fully saturated rings. The standard InChI is InChI=1S/C13H18OSi/c1-5-9-13(14-15(2,3)4)12-10-7-6-8-11-12/h6-11,13H,1H2,2-4H3/t13-/m1/s1. The molecule has 1 aromatic carbocycles. The molecule has 1 nitrogen and oxygen atoms in total. The van der Waals surface area contributed by atoms with E-state index in [4.69, 9.17) is 4.43 Å². The summed E-state index contributed by atoms with van der Waals surface area (Å²) in [5.41, 5.74) is 3.97. The topological polar surface area (TPSA) is 9.23 Å². The van der Waals surface area contributed by atoms with Crippen molar-refractivity contribution in [3.8, 4) is 0 Å². The number of hydrogen-bond donors (Lipinski definition) is 0. The first-order valence-corrected chi connectivity index (χ1v) is 8.52.